The first-order chi connectivity index (χ1) is 15.4. The van der Waals surface area contributed by atoms with Crippen LogP contribution >= 0.6 is 35.0 Å². The lowest BCUT2D eigenvalue weighted by Gasteiger charge is -2.23. The lowest BCUT2D eigenvalue weighted by molar-refractivity contribution is 0.0964. The van der Waals surface area contributed by atoms with Crippen LogP contribution in [-0.4, -0.2) is 45.1 Å². The number of rotatable bonds is 6. The van der Waals surface area contributed by atoms with E-state index in [0.717, 1.165) is 23.6 Å². The van der Waals surface area contributed by atoms with Gasteiger partial charge in [0, 0.05) is 18.3 Å². The van der Waals surface area contributed by atoms with Crippen molar-refractivity contribution in [3.63, 3.8) is 0 Å². The van der Waals surface area contributed by atoms with E-state index in [1.807, 2.05) is 11.8 Å². The quantitative estimate of drug-likeness (QED) is 0.535. The molecule has 3 heterocycles. The van der Waals surface area contributed by atoms with E-state index >= 15 is 0 Å². The molecule has 1 aliphatic rings. The molecule has 0 spiro atoms. The minimum Gasteiger partial charge on any atom is -0.355 e. The molecule has 2 aromatic heterocycles. The fourth-order valence-corrected chi connectivity index (χ4v) is 4.76. The van der Waals surface area contributed by atoms with Crippen molar-refractivity contribution >= 4 is 52.5 Å². The van der Waals surface area contributed by atoms with Gasteiger partial charge in [0.05, 0.1) is 22.0 Å². The van der Waals surface area contributed by atoms with Crippen LogP contribution in [0.3, 0.4) is 0 Å². The first kappa shape index (κ1) is 22.6. The SMILES string of the molecule is CNC(=O)c1cc(Cl)cc(C)c1NC(=O)c1cc(CC2CSC2)nn1-c1ncccc1Cl. The standard InChI is InChI=1S/C22H21Cl2N5O2S/c1-12-6-14(23)8-16(21(30)25-2)19(12)27-22(31)18-9-15(7-13-10-32-11-13)28-29(18)20-17(24)4-3-5-26-20/h3-6,8-9,13H,7,10-11H2,1-2H3,(H,25,30)(H,27,31). The number of anilines is 1. The van der Waals surface area contributed by atoms with E-state index in [4.69, 9.17) is 23.2 Å². The molecule has 0 unspecified atom stereocenters. The number of nitrogens with one attached hydrogen (secondary N) is 2. The van der Waals surface area contributed by atoms with Gasteiger partial charge in [0.2, 0.25) is 0 Å². The largest absolute Gasteiger partial charge is 0.355 e. The highest BCUT2D eigenvalue weighted by Gasteiger charge is 2.25. The minimum absolute atomic E-state index is 0.277. The second kappa shape index (κ2) is 9.52. The molecule has 2 N–H and O–H groups in total. The fraction of sp³-hybridized carbons (Fsp3) is 0.273. The van der Waals surface area contributed by atoms with Crippen molar-refractivity contribution < 1.29 is 9.59 Å². The van der Waals surface area contributed by atoms with Gasteiger partial charge in [-0.3, -0.25) is 9.59 Å². The zero-order valence-corrected chi connectivity index (χ0v) is 19.8. The lowest BCUT2D eigenvalue weighted by Crippen LogP contribution is -2.23. The van der Waals surface area contributed by atoms with Gasteiger partial charge < -0.3 is 10.6 Å². The summed E-state index contributed by atoms with van der Waals surface area (Å²) in [6.07, 6.45) is 2.37. The van der Waals surface area contributed by atoms with E-state index in [9.17, 15) is 9.59 Å². The predicted octanol–water partition coefficient (Wildman–Crippen LogP) is 4.40. The van der Waals surface area contributed by atoms with E-state index in [0.29, 0.717) is 33.0 Å². The number of aromatic nitrogens is 3. The maximum absolute atomic E-state index is 13.4. The Morgan fingerprint density at radius 1 is 1.22 bits per heavy atom. The van der Waals surface area contributed by atoms with E-state index in [1.54, 1.807) is 37.4 Å². The highest BCUT2D eigenvalue weighted by molar-refractivity contribution is 8.00. The summed E-state index contributed by atoms with van der Waals surface area (Å²) in [6, 6.07) is 8.39. The summed E-state index contributed by atoms with van der Waals surface area (Å²) >= 11 is 14.4. The zero-order valence-electron chi connectivity index (χ0n) is 17.5. The Morgan fingerprint density at radius 3 is 2.66 bits per heavy atom. The number of thioether (sulfide) groups is 1. The fourth-order valence-electron chi connectivity index (χ4n) is 3.48. The third-order valence-corrected chi connectivity index (χ3v) is 7.08. The maximum atomic E-state index is 13.4. The Hall–Kier alpha value is -2.55. The third kappa shape index (κ3) is 4.62. The number of halogens is 2. The second-order valence-electron chi connectivity index (χ2n) is 7.53. The van der Waals surface area contributed by atoms with Gasteiger partial charge in [-0.05, 0) is 66.7 Å². The monoisotopic (exact) mass is 489 g/mol. The summed E-state index contributed by atoms with van der Waals surface area (Å²) in [5.74, 6) is 2.29. The number of pyridine rings is 1. The summed E-state index contributed by atoms with van der Waals surface area (Å²) in [6.45, 7) is 1.78. The summed E-state index contributed by atoms with van der Waals surface area (Å²) in [5, 5.41) is 10.9. The maximum Gasteiger partial charge on any atom is 0.274 e. The normalized spacial score (nSPS) is 13.5. The topological polar surface area (TPSA) is 88.9 Å². The molecule has 4 rings (SSSR count). The average molecular weight is 490 g/mol. The van der Waals surface area contributed by atoms with Crippen LogP contribution in [0.25, 0.3) is 5.82 Å². The van der Waals surface area contributed by atoms with Crippen molar-refractivity contribution in [1.29, 1.82) is 0 Å². The Bertz CT molecular complexity index is 1190. The molecule has 166 valence electrons. The van der Waals surface area contributed by atoms with Crippen molar-refractivity contribution in [2.24, 2.45) is 5.92 Å². The summed E-state index contributed by atoms with van der Waals surface area (Å²) in [7, 11) is 1.52. The Morgan fingerprint density at radius 2 is 2.00 bits per heavy atom. The molecule has 1 aromatic carbocycles. The molecule has 3 aromatic rings. The number of hydrogen-bond donors (Lipinski definition) is 2. The smallest absolute Gasteiger partial charge is 0.274 e. The lowest BCUT2D eigenvalue weighted by atomic mass is 10.1. The van der Waals surface area contributed by atoms with Crippen molar-refractivity contribution in [3.05, 3.63) is 69.1 Å². The first-order valence-corrected chi connectivity index (χ1v) is 11.9. The molecule has 7 nitrogen and oxygen atoms in total. The highest BCUT2D eigenvalue weighted by Crippen LogP contribution is 2.30. The number of hydrogen-bond acceptors (Lipinski definition) is 5. The van der Waals surface area contributed by atoms with E-state index in [-0.39, 0.29) is 17.2 Å². The van der Waals surface area contributed by atoms with Crippen molar-refractivity contribution in [2.75, 3.05) is 23.9 Å². The predicted molar refractivity (Wildman–Crippen MR) is 128 cm³/mol. The van der Waals surface area contributed by atoms with Gasteiger partial charge in [0.1, 0.15) is 5.69 Å². The number of carbonyl (C=O) groups is 2. The molecule has 0 aliphatic carbocycles. The zero-order chi connectivity index (χ0) is 22.8. The van der Waals surface area contributed by atoms with Gasteiger partial charge >= 0.3 is 0 Å². The molecule has 2 amide bonds. The van der Waals surface area contributed by atoms with Crippen LogP contribution in [0.5, 0.6) is 0 Å². The van der Waals surface area contributed by atoms with Crippen LogP contribution in [0.2, 0.25) is 10.0 Å². The molecular weight excluding hydrogens is 469 g/mol. The van der Waals surface area contributed by atoms with E-state index in [2.05, 4.69) is 20.7 Å². The van der Waals surface area contributed by atoms with Crippen molar-refractivity contribution in [3.8, 4) is 5.82 Å². The van der Waals surface area contributed by atoms with Gasteiger partial charge in [-0.15, -0.1) is 0 Å². The number of carbonyl (C=O) groups excluding carboxylic acids is 2. The molecule has 0 radical (unpaired) electrons. The third-order valence-electron chi connectivity index (χ3n) is 5.15. The van der Waals surface area contributed by atoms with Crippen LogP contribution < -0.4 is 10.6 Å². The van der Waals surface area contributed by atoms with E-state index < -0.39 is 5.91 Å². The van der Waals surface area contributed by atoms with Gasteiger partial charge in [-0.25, -0.2) is 9.67 Å². The number of nitrogens with zero attached hydrogens (tertiary/aromatic N) is 3. The number of benzene rings is 1. The summed E-state index contributed by atoms with van der Waals surface area (Å²) in [5.41, 5.74) is 2.40. The van der Waals surface area contributed by atoms with Crippen molar-refractivity contribution in [2.45, 2.75) is 13.3 Å². The molecular formula is C22H21Cl2N5O2S. The first-order valence-electron chi connectivity index (χ1n) is 9.98. The Kier molecular flexibility index (Phi) is 6.74. The Balaban J connectivity index is 1.74. The van der Waals surface area contributed by atoms with Gasteiger partial charge in [-0.1, -0.05) is 23.2 Å². The molecule has 1 saturated heterocycles. The summed E-state index contributed by atoms with van der Waals surface area (Å²) in [4.78, 5) is 30.1. The second-order valence-corrected chi connectivity index (χ2v) is 9.45. The minimum atomic E-state index is -0.427. The average Bonchev–Trinajstić information content (AvgIpc) is 3.16. The molecule has 0 saturated carbocycles. The van der Waals surface area contributed by atoms with Crippen LogP contribution in [0, 0.1) is 12.8 Å². The van der Waals surface area contributed by atoms with Gasteiger partial charge in [0.15, 0.2) is 5.82 Å². The molecule has 32 heavy (non-hydrogen) atoms. The molecule has 1 fully saturated rings. The van der Waals surface area contributed by atoms with Crippen LogP contribution in [-0.2, 0) is 6.42 Å². The van der Waals surface area contributed by atoms with Crippen molar-refractivity contribution in [1.82, 2.24) is 20.1 Å². The van der Waals surface area contributed by atoms with Crippen LogP contribution in [0.1, 0.15) is 32.1 Å². The number of amides is 2. The van der Waals surface area contributed by atoms with E-state index in [1.165, 1.54) is 17.8 Å². The van der Waals surface area contributed by atoms with Crippen LogP contribution in [0.4, 0.5) is 5.69 Å². The van der Waals surface area contributed by atoms with Gasteiger partial charge in [0.25, 0.3) is 11.8 Å². The highest BCUT2D eigenvalue weighted by atomic mass is 35.5. The molecule has 0 bridgehead atoms. The Labute approximate surface area is 199 Å². The van der Waals surface area contributed by atoms with Gasteiger partial charge in [-0.2, -0.15) is 16.9 Å². The summed E-state index contributed by atoms with van der Waals surface area (Å²) < 4.78 is 1.46. The molecule has 1 aliphatic heterocycles. The number of aryl methyl sites for hydroxylation is 1. The molecule has 0 atom stereocenters. The molecule has 10 heteroatoms. The van der Waals surface area contributed by atoms with Crippen LogP contribution in [0.15, 0.2) is 36.5 Å².